The van der Waals surface area contributed by atoms with Gasteiger partial charge in [0, 0.05) is 44.6 Å². The first-order chi connectivity index (χ1) is 17.5. The Labute approximate surface area is 211 Å². The van der Waals surface area contributed by atoms with Crippen molar-refractivity contribution < 1.29 is 14.3 Å². The van der Waals surface area contributed by atoms with E-state index in [9.17, 15) is 9.59 Å². The standard InChI is InChI=1S/C28H33N5O3/c1-28(8-4-9-29-28)27(35)33-12-10-32(11-13-33)26(34)23-16-19(15-20-7-14-36-25(20)23)17-24-22-6-3-2-5-21(22)18-30-31-24/h2-3,5-6,15-16,29-30H,4,7-14,17-18H2,1H3. The van der Waals surface area contributed by atoms with Gasteiger partial charge < -0.3 is 25.3 Å². The van der Waals surface area contributed by atoms with E-state index in [0.29, 0.717) is 50.5 Å². The molecule has 0 saturated carbocycles. The zero-order valence-corrected chi connectivity index (χ0v) is 20.8. The largest absolute Gasteiger partial charge is 0.492 e. The van der Waals surface area contributed by atoms with E-state index in [1.807, 2.05) is 34.9 Å². The van der Waals surface area contributed by atoms with Crippen molar-refractivity contribution in [1.29, 1.82) is 0 Å². The van der Waals surface area contributed by atoms with Gasteiger partial charge in [-0.3, -0.25) is 9.59 Å². The van der Waals surface area contributed by atoms with Gasteiger partial charge in [-0.1, -0.05) is 30.3 Å². The molecular weight excluding hydrogens is 454 g/mol. The van der Waals surface area contributed by atoms with Gasteiger partial charge in [-0.05, 0) is 49.1 Å². The maximum absolute atomic E-state index is 13.7. The van der Waals surface area contributed by atoms with Crippen LogP contribution in [0.4, 0.5) is 0 Å². The van der Waals surface area contributed by atoms with Crippen LogP contribution < -0.4 is 15.5 Å². The molecule has 8 heteroatoms. The van der Waals surface area contributed by atoms with Crippen LogP contribution >= 0.6 is 0 Å². The van der Waals surface area contributed by atoms with Crippen molar-refractivity contribution in [3.8, 4) is 5.75 Å². The number of rotatable bonds is 4. The minimum atomic E-state index is -0.468. The van der Waals surface area contributed by atoms with Crippen molar-refractivity contribution in [2.45, 2.75) is 44.7 Å². The third-order valence-electron chi connectivity index (χ3n) is 7.95. The van der Waals surface area contributed by atoms with Crippen LogP contribution in [0.2, 0.25) is 0 Å². The molecule has 0 bridgehead atoms. The highest BCUT2D eigenvalue weighted by Crippen LogP contribution is 2.33. The van der Waals surface area contributed by atoms with Crippen LogP contribution in [0.15, 0.2) is 41.5 Å². The lowest BCUT2D eigenvalue weighted by Crippen LogP contribution is -2.58. The minimum absolute atomic E-state index is 0.0172. The topological polar surface area (TPSA) is 86.3 Å². The van der Waals surface area contributed by atoms with Gasteiger partial charge in [0.05, 0.1) is 30.0 Å². The average Bonchev–Trinajstić information content (AvgIpc) is 3.57. The molecule has 2 fully saturated rings. The van der Waals surface area contributed by atoms with Crippen molar-refractivity contribution in [2.75, 3.05) is 39.3 Å². The lowest BCUT2D eigenvalue weighted by Gasteiger charge is -2.38. The molecule has 4 aliphatic heterocycles. The van der Waals surface area contributed by atoms with Crippen LogP contribution in [-0.4, -0.2) is 72.2 Å². The molecule has 2 aromatic rings. The molecule has 2 saturated heterocycles. The summed E-state index contributed by atoms with van der Waals surface area (Å²) < 4.78 is 5.92. The summed E-state index contributed by atoms with van der Waals surface area (Å²) in [5.74, 6) is 0.853. The normalized spacial score (nSPS) is 22.9. The number of carbonyl (C=O) groups is 2. The van der Waals surface area contributed by atoms with E-state index in [1.54, 1.807) is 0 Å². The van der Waals surface area contributed by atoms with E-state index < -0.39 is 5.54 Å². The Kier molecular flexibility index (Phi) is 5.91. The Morgan fingerprint density at radius 3 is 2.69 bits per heavy atom. The van der Waals surface area contributed by atoms with Gasteiger partial charge in [0.15, 0.2) is 0 Å². The molecule has 2 amide bonds. The molecule has 0 spiro atoms. The second kappa shape index (κ2) is 9.24. The summed E-state index contributed by atoms with van der Waals surface area (Å²) in [5.41, 5.74) is 8.82. The number of hydrazone groups is 1. The smallest absolute Gasteiger partial charge is 0.257 e. The number of amides is 2. The molecule has 1 unspecified atom stereocenters. The highest BCUT2D eigenvalue weighted by Gasteiger charge is 2.40. The number of piperazine rings is 1. The monoisotopic (exact) mass is 487 g/mol. The fourth-order valence-corrected chi connectivity index (χ4v) is 5.91. The van der Waals surface area contributed by atoms with Crippen molar-refractivity contribution in [2.24, 2.45) is 5.10 Å². The minimum Gasteiger partial charge on any atom is -0.492 e. The Bertz CT molecular complexity index is 1230. The Morgan fingerprint density at radius 1 is 1.08 bits per heavy atom. The van der Waals surface area contributed by atoms with Gasteiger partial charge in [-0.15, -0.1) is 0 Å². The van der Waals surface area contributed by atoms with E-state index in [1.165, 1.54) is 5.56 Å². The molecule has 2 aromatic carbocycles. The third-order valence-corrected chi connectivity index (χ3v) is 7.95. The quantitative estimate of drug-likeness (QED) is 0.690. The Hall–Kier alpha value is -3.39. The Balaban J connectivity index is 1.20. The van der Waals surface area contributed by atoms with Crippen LogP contribution in [0.3, 0.4) is 0 Å². The van der Waals surface area contributed by atoms with Gasteiger partial charge in [0.1, 0.15) is 5.75 Å². The molecule has 0 aliphatic carbocycles. The SMILES string of the molecule is CC1(C(=O)N2CCN(C(=O)c3cc(CC4=NNCc5ccccc54)cc4c3OCC4)CC2)CCCN1. The van der Waals surface area contributed by atoms with Crippen molar-refractivity contribution in [3.63, 3.8) is 0 Å². The first-order valence-electron chi connectivity index (χ1n) is 13.0. The van der Waals surface area contributed by atoms with Crippen LogP contribution in [0.1, 0.15) is 52.4 Å². The summed E-state index contributed by atoms with van der Waals surface area (Å²) in [7, 11) is 0. The van der Waals surface area contributed by atoms with Gasteiger partial charge >= 0.3 is 0 Å². The van der Waals surface area contributed by atoms with E-state index in [0.717, 1.165) is 54.8 Å². The van der Waals surface area contributed by atoms with Gasteiger partial charge in [-0.2, -0.15) is 5.10 Å². The Morgan fingerprint density at radius 2 is 1.89 bits per heavy atom. The predicted molar refractivity (Wildman–Crippen MR) is 137 cm³/mol. The number of fused-ring (bicyclic) bond motifs is 2. The van der Waals surface area contributed by atoms with Crippen molar-refractivity contribution in [3.05, 3.63) is 64.2 Å². The van der Waals surface area contributed by atoms with Gasteiger partial charge in [-0.25, -0.2) is 0 Å². The maximum Gasteiger partial charge on any atom is 0.257 e. The number of hydrogen-bond acceptors (Lipinski definition) is 6. The number of nitrogens with one attached hydrogen (secondary N) is 2. The lowest BCUT2D eigenvalue weighted by atomic mass is 9.94. The first kappa shape index (κ1) is 23.0. The number of ether oxygens (including phenoxy) is 1. The summed E-state index contributed by atoms with van der Waals surface area (Å²) in [4.78, 5) is 30.5. The van der Waals surface area contributed by atoms with Crippen LogP contribution in [-0.2, 0) is 24.2 Å². The number of benzene rings is 2. The molecule has 1 atom stereocenters. The van der Waals surface area contributed by atoms with Crippen LogP contribution in [0, 0.1) is 0 Å². The molecule has 36 heavy (non-hydrogen) atoms. The van der Waals surface area contributed by atoms with E-state index in [2.05, 4.69) is 34.0 Å². The molecule has 2 N–H and O–H groups in total. The number of hydrogen-bond donors (Lipinski definition) is 2. The summed E-state index contributed by atoms with van der Waals surface area (Å²) in [6.45, 7) is 6.39. The van der Waals surface area contributed by atoms with E-state index >= 15 is 0 Å². The van der Waals surface area contributed by atoms with Crippen molar-refractivity contribution in [1.82, 2.24) is 20.5 Å². The lowest BCUT2D eigenvalue weighted by molar-refractivity contribution is -0.138. The van der Waals surface area contributed by atoms with E-state index in [-0.39, 0.29) is 11.8 Å². The van der Waals surface area contributed by atoms with Crippen LogP contribution in [0.25, 0.3) is 0 Å². The number of carbonyl (C=O) groups excluding carboxylic acids is 2. The molecule has 4 aliphatic rings. The second-order valence-electron chi connectivity index (χ2n) is 10.4. The summed E-state index contributed by atoms with van der Waals surface area (Å²) in [6.07, 6.45) is 3.34. The molecule has 4 heterocycles. The summed E-state index contributed by atoms with van der Waals surface area (Å²) in [5, 5.41) is 7.95. The van der Waals surface area contributed by atoms with Crippen LogP contribution in [0.5, 0.6) is 5.75 Å². The molecule has 0 aromatic heterocycles. The van der Waals surface area contributed by atoms with E-state index in [4.69, 9.17) is 4.74 Å². The molecular formula is C28H33N5O3. The number of nitrogens with zero attached hydrogens (tertiary/aromatic N) is 3. The van der Waals surface area contributed by atoms with Crippen molar-refractivity contribution >= 4 is 17.5 Å². The molecule has 0 radical (unpaired) electrons. The third kappa shape index (κ3) is 4.13. The molecule has 6 rings (SSSR count). The molecule has 8 nitrogen and oxygen atoms in total. The van der Waals surface area contributed by atoms with Gasteiger partial charge in [0.25, 0.3) is 5.91 Å². The maximum atomic E-state index is 13.7. The summed E-state index contributed by atoms with van der Waals surface area (Å²) in [6, 6.07) is 12.5. The van der Waals surface area contributed by atoms with Gasteiger partial charge in [0.2, 0.25) is 5.91 Å². The fourth-order valence-electron chi connectivity index (χ4n) is 5.91. The predicted octanol–water partition coefficient (Wildman–Crippen LogP) is 2.10. The zero-order valence-electron chi connectivity index (χ0n) is 20.8. The molecule has 188 valence electrons. The highest BCUT2D eigenvalue weighted by atomic mass is 16.5. The first-order valence-corrected chi connectivity index (χ1v) is 13.0. The fraction of sp³-hybridized carbons (Fsp3) is 0.464. The highest BCUT2D eigenvalue weighted by molar-refractivity contribution is 6.04. The zero-order chi connectivity index (χ0) is 24.7. The average molecular weight is 488 g/mol. The second-order valence-corrected chi connectivity index (χ2v) is 10.4. The summed E-state index contributed by atoms with van der Waals surface area (Å²) >= 11 is 0.